The van der Waals surface area contributed by atoms with Crippen molar-refractivity contribution >= 4 is 11.8 Å². The predicted molar refractivity (Wildman–Crippen MR) is 125 cm³/mol. The van der Waals surface area contributed by atoms with Crippen molar-refractivity contribution in [3.05, 3.63) is 77.9 Å². The third kappa shape index (κ3) is 6.96. The molecule has 202 valence electrons. The number of aliphatic hydroxyl groups excluding tert-OH is 1. The number of nitrogens with zero attached hydrogens (tertiary/aromatic N) is 3. The van der Waals surface area contributed by atoms with E-state index in [9.17, 15) is 36.6 Å². The van der Waals surface area contributed by atoms with Gasteiger partial charge in [-0.25, -0.2) is 27.2 Å². The third-order valence-corrected chi connectivity index (χ3v) is 7.26. The molecule has 3 rings (SSSR count). The lowest BCUT2D eigenvalue weighted by Crippen LogP contribution is -2.42. The van der Waals surface area contributed by atoms with E-state index < -0.39 is 52.8 Å². The lowest BCUT2D eigenvalue weighted by atomic mass is 9.90. The maximum Gasteiger partial charge on any atom is 0.340 e. The van der Waals surface area contributed by atoms with Crippen molar-refractivity contribution in [1.29, 1.82) is 0 Å². The highest BCUT2D eigenvalue weighted by molar-refractivity contribution is 8.00. The number of hydrogen-bond acceptors (Lipinski definition) is 6. The van der Waals surface area contributed by atoms with E-state index in [0.29, 0.717) is 11.6 Å². The van der Waals surface area contributed by atoms with Crippen molar-refractivity contribution in [2.24, 2.45) is 0 Å². The number of aliphatic hydroxyl groups is 2. The van der Waals surface area contributed by atoms with Crippen molar-refractivity contribution in [1.82, 2.24) is 14.8 Å². The third-order valence-electron chi connectivity index (χ3n) is 5.78. The summed E-state index contributed by atoms with van der Waals surface area (Å²) in [5.74, 6) is -6.14. The average molecular weight is 550 g/mol. The maximum atomic E-state index is 14.7. The molecular weight excluding hydrogens is 524 g/mol. The molecule has 0 fully saturated rings. The molecule has 0 saturated heterocycles. The average Bonchev–Trinajstić information content (AvgIpc) is 3.35. The molecule has 0 radical (unpaired) electrons. The fourth-order valence-electron chi connectivity index (χ4n) is 3.62. The van der Waals surface area contributed by atoms with E-state index in [4.69, 9.17) is 4.74 Å². The Morgan fingerprint density at radius 2 is 1.76 bits per heavy atom. The normalized spacial score (nSPS) is 16.3. The van der Waals surface area contributed by atoms with Gasteiger partial charge < -0.3 is 14.9 Å². The Bertz CT molecular complexity index is 1150. The van der Waals surface area contributed by atoms with Gasteiger partial charge in [0.1, 0.15) is 35.6 Å². The maximum absolute atomic E-state index is 14.7. The summed E-state index contributed by atoms with van der Waals surface area (Å²) in [7, 11) is 0. The van der Waals surface area contributed by atoms with Gasteiger partial charge in [-0.05, 0) is 23.8 Å². The van der Waals surface area contributed by atoms with Gasteiger partial charge in [0.05, 0.1) is 12.6 Å². The van der Waals surface area contributed by atoms with E-state index in [1.165, 1.54) is 41.6 Å². The van der Waals surface area contributed by atoms with Gasteiger partial charge in [-0.3, -0.25) is 0 Å². The quantitative estimate of drug-likeness (QED) is 0.311. The predicted octanol–water partition coefficient (Wildman–Crippen LogP) is 4.97. The van der Waals surface area contributed by atoms with Gasteiger partial charge in [0.2, 0.25) is 0 Å². The second kappa shape index (κ2) is 11.7. The highest BCUT2D eigenvalue weighted by Gasteiger charge is 2.42. The van der Waals surface area contributed by atoms with Crippen LogP contribution >= 0.6 is 11.8 Å². The highest BCUT2D eigenvalue weighted by atomic mass is 32.2. The molecule has 0 aliphatic carbocycles. The zero-order valence-corrected chi connectivity index (χ0v) is 20.6. The molecule has 0 amide bonds. The first kappa shape index (κ1) is 28.8. The molecule has 2 aromatic carbocycles. The summed E-state index contributed by atoms with van der Waals surface area (Å²) < 4.78 is 85.0. The molecule has 2 unspecified atom stereocenters. The van der Waals surface area contributed by atoms with Crippen LogP contribution < -0.4 is 4.74 Å². The molecule has 0 spiro atoms. The number of aromatic nitrogens is 3. The minimum Gasteiger partial charge on any atom is -0.487 e. The molecule has 3 aromatic rings. The molecule has 2 N–H and O–H groups in total. The fourth-order valence-corrected chi connectivity index (χ4v) is 4.99. The van der Waals surface area contributed by atoms with Crippen molar-refractivity contribution in [2.45, 2.75) is 54.9 Å². The first-order chi connectivity index (χ1) is 17.3. The molecule has 1 heterocycles. The van der Waals surface area contributed by atoms with E-state index in [1.54, 1.807) is 13.8 Å². The summed E-state index contributed by atoms with van der Waals surface area (Å²) in [5, 5.41) is 25.1. The first-order valence-corrected chi connectivity index (χ1v) is 12.0. The van der Waals surface area contributed by atoms with Crippen LogP contribution in [-0.4, -0.2) is 54.4 Å². The summed E-state index contributed by atoms with van der Waals surface area (Å²) >= 11 is 1.12. The number of benzene rings is 2. The van der Waals surface area contributed by atoms with E-state index >= 15 is 0 Å². The van der Waals surface area contributed by atoms with E-state index in [2.05, 4.69) is 10.1 Å². The van der Waals surface area contributed by atoms with Crippen LogP contribution in [0.25, 0.3) is 0 Å². The van der Waals surface area contributed by atoms with Crippen molar-refractivity contribution in [3.8, 4) is 5.75 Å². The number of ether oxygens (including phenoxy) is 1. The van der Waals surface area contributed by atoms with E-state index in [1.807, 2.05) is 0 Å². The fraction of sp³-hybridized carbons (Fsp3) is 0.417. The Balaban J connectivity index is 1.74. The highest BCUT2D eigenvalue weighted by Crippen LogP contribution is 2.40. The van der Waals surface area contributed by atoms with E-state index in [-0.39, 0.29) is 17.9 Å². The summed E-state index contributed by atoms with van der Waals surface area (Å²) in [4.78, 5) is 3.82. The standard InChI is InChI=1S/C24H25F6N3O3S/c1-14(21(34)16-3-6-18(7-4-16)36-11-24(29,30)22(27)28)37-15(2)23(35,10-33-13-31-12-32-33)19-8-5-17(25)9-20(19)26/h3-9,12-15,21-22,34-35H,10-11H2,1-2H3/t14?,15-,21?,23-/m1/s1. The first-order valence-electron chi connectivity index (χ1n) is 11.1. The number of halogens is 6. The monoisotopic (exact) mass is 549 g/mol. The minimum absolute atomic E-state index is 0.0843. The van der Waals surface area contributed by atoms with Crippen LogP contribution in [0.5, 0.6) is 5.75 Å². The SMILES string of the molecule is CC(S[C@H](C)[C@](O)(Cn1cncn1)c1ccc(F)cc1F)C(O)c1ccc(OCC(F)(F)C(F)F)cc1. The molecule has 0 bridgehead atoms. The molecule has 0 aliphatic rings. The Kier molecular flexibility index (Phi) is 9.13. The summed E-state index contributed by atoms with van der Waals surface area (Å²) in [6, 6.07) is 8.15. The van der Waals surface area contributed by atoms with Crippen LogP contribution in [0.1, 0.15) is 31.1 Å². The zero-order valence-electron chi connectivity index (χ0n) is 19.7. The molecule has 13 heteroatoms. The van der Waals surface area contributed by atoms with Crippen LogP contribution in [0.3, 0.4) is 0 Å². The van der Waals surface area contributed by atoms with E-state index in [0.717, 1.165) is 23.9 Å². The molecule has 0 saturated carbocycles. The van der Waals surface area contributed by atoms with Gasteiger partial charge in [0.25, 0.3) is 0 Å². The van der Waals surface area contributed by atoms with Crippen LogP contribution in [0.15, 0.2) is 55.1 Å². The molecule has 6 nitrogen and oxygen atoms in total. The van der Waals surface area contributed by atoms with Gasteiger partial charge >= 0.3 is 12.3 Å². The van der Waals surface area contributed by atoms with Gasteiger partial charge in [0.15, 0.2) is 6.61 Å². The topological polar surface area (TPSA) is 80.4 Å². The van der Waals surface area contributed by atoms with Crippen LogP contribution in [0, 0.1) is 11.6 Å². The number of rotatable bonds is 12. The Morgan fingerprint density at radius 1 is 1.08 bits per heavy atom. The zero-order chi connectivity index (χ0) is 27.4. The number of thioether (sulfide) groups is 1. The van der Waals surface area contributed by atoms with Crippen molar-refractivity contribution in [3.63, 3.8) is 0 Å². The molecule has 37 heavy (non-hydrogen) atoms. The Hall–Kier alpha value is -2.77. The number of alkyl halides is 4. The largest absolute Gasteiger partial charge is 0.487 e. The smallest absolute Gasteiger partial charge is 0.340 e. The van der Waals surface area contributed by atoms with Crippen molar-refractivity contribution in [2.75, 3.05) is 6.61 Å². The van der Waals surface area contributed by atoms with Crippen molar-refractivity contribution < 1.29 is 41.3 Å². The summed E-state index contributed by atoms with van der Waals surface area (Å²) in [6.07, 6.45) is -2.39. The van der Waals surface area contributed by atoms with Gasteiger partial charge in [0, 0.05) is 22.1 Å². The molecule has 1 aromatic heterocycles. The second-order valence-electron chi connectivity index (χ2n) is 8.49. The lowest BCUT2D eigenvalue weighted by Gasteiger charge is -2.36. The Labute approximate surface area is 213 Å². The lowest BCUT2D eigenvalue weighted by molar-refractivity contribution is -0.148. The molecule has 4 atom stereocenters. The molecule has 0 aliphatic heterocycles. The second-order valence-corrected chi connectivity index (χ2v) is 10.2. The van der Waals surface area contributed by atoms with Gasteiger partial charge in [-0.2, -0.15) is 13.9 Å². The summed E-state index contributed by atoms with van der Waals surface area (Å²) in [6.45, 7) is 1.58. The molecular formula is C24H25F6N3O3S. The minimum atomic E-state index is -4.30. The van der Waals surface area contributed by atoms with Crippen LogP contribution in [-0.2, 0) is 12.1 Å². The summed E-state index contributed by atoms with van der Waals surface area (Å²) in [5.41, 5.74) is -1.67. The van der Waals surface area contributed by atoms with Gasteiger partial charge in [-0.15, -0.1) is 11.8 Å². The number of hydrogen-bond donors (Lipinski definition) is 2. The Morgan fingerprint density at radius 3 is 2.32 bits per heavy atom. The van der Waals surface area contributed by atoms with Crippen LogP contribution in [0.4, 0.5) is 26.3 Å². The van der Waals surface area contributed by atoms with Crippen LogP contribution in [0.2, 0.25) is 0 Å². The van der Waals surface area contributed by atoms with Gasteiger partial charge in [-0.1, -0.05) is 32.0 Å².